The van der Waals surface area contributed by atoms with Crippen LogP contribution in [0.5, 0.6) is 5.75 Å². The summed E-state index contributed by atoms with van der Waals surface area (Å²) in [6.45, 7) is 8.52. The van der Waals surface area contributed by atoms with Crippen LogP contribution in [0.4, 0.5) is 15.8 Å². The maximum atomic E-state index is 15.1. The van der Waals surface area contributed by atoms with E-state index in [1.165, 1.54) is 29.8 Å². The summed E-state index contributed by atoms with van der Waals surface area (Å²) in [7, 11) is 1.82. The fourth-order valence-electron chi connectivity index (χ4n) is 7.06. The van der Waals surface area contributed by atoms with Crippen molar-refractivity contribution in [2.75, 3.05) is 37.7 Å². The lowest BCUT2D eigenvalue weighted by atomic mass is 9.92. The first-order valence-electron chi connectivity index (χ1n) is 17.0. The Morgan fingerprint density at radius 2 is 1.72 bits per heavy atom. The minimum atomic E-state index is -0.477. The number of carbonyl (C=O) groups excluding carboxylic acids is 2. The molecule has 258 valence electrons. The normalized spacial score (nSPS) is 16.3. The van der Waals surface area contributed by atoms with E-state index in [-0.39, 0.29) is 23.6 Å². The molecule has 7 rings (SSSR count). The summed E-state index contributed by atoms with van der Waals surface area (Å²) in [5.41, 5.74) is 5.82. The number of fused-ring (bicyclic) bond motifs is 1. The summed E-state index contributed by atoms with van der Waals surface area (Å²) in [4.78, 5) is 35.0. The highest BCUT2D eigenvalue weighted by Gasteiger charge is 2.34. The van der Waals surface area contributed by atoms with Crippen molar-refractivity contribution in [3.63, 3.8) is 0 Å². The molecule has 50 heavy (non-hydrogen) atoms. The molecule has 1 fully saturated rings. The Kier molecular flexibility index (Phi) is 9.26. The van der Waals surface area contributed by atoms with E-state index in [0.29, 0.717) is 72.3 Å². The van der Waals surface area contributed by atoms with Gasteiger partial charge in [-0.2, -0.15) is 5.10 Å². The fourth-order valence-corrected chi connectivity index (χ4v) is 7.06. The zero-order chi connectivity index (χ0) is 34.9. The van der Waals surface area contributed by atoms with Crippen LogP contribution in [0.2, 0.25) is 0 Å². The second kappa shape index (κ2) is 13.9. The maximum Gasteiger partial charge on any atom is 0.264 e. The quantitative estimate of drug-likeness (QED) is 0.219. The van der Waals surface area contributed by atoms with Gasteiger partial charge < -0.3 is 19.3 Å². The number of benzene rings is 3. The third kappa shape index (κ3) is 6.41. The number of anilines is 2. The van der Waals surface area contributed by atoms with E-state index >= 15 is 4.39 Å². The molecule has 2 amide bonds. The molecule has 0 saturated carbocycles. The monoisotopic (exact) mass is 676 g/mol. The molecule has 0 bridgehead atoms. The first-order chi connectivity index (χ1) is 24.2. The summed E-state index contributed by atoms with van der Waals surface area (Å²) < 4.78 is 24.2. The van der Waals surface area contributed by atoms with E-state index in [9.17, 15) is 14.7 Å². The maximum absolute atomic E-state index is 15.1. The first-order valence-corrected chi connectivity index (χ1v) is 17.0. The summed E-state index contributed by atoms with van der Waals surface area (Å²) in [5.74, 6) is -0.906. The van der Waals surface area contributed by atoms with Gasteiger partial charge in [-0.05, 0) is 79.9 Å². The molecular weight excluding hydrogens is 635 g/mol. The van der Waals surface area contributed by atoms with Gasteiger partial charge in [0.2, 0.25) is 0 Å². The molecule has 4 heterocycles. The number of hydrogen-bond acceptors (Lipinski definition) is 6. The number of nitrogens with zero attached hydrogens (tertiary/aromatic N) is 6. The number of aromatic hydroxyl groups is 1. The van der Waals surface area contributed by atoms with E-state index in [2.05, 4.69) is 22.1 Å². The molecule has 1 N–H and O–H groups in total. The van der Waals surface area contributed by atoms with Gasteiger partial charge in [-0.1, -0.05) is 24.3 Å². The van der Waals surface area contributed by atoms with Crippen molar-refractivity contribution in [1.29, 1.82) is 0 Å². The molecule has 2 aromatic heterocycles. The van der Waals surface area contributed by atoms with E-state index in [1.54, 1.807) is 46.2 Å². The van der Waals surface area contributed by atoms with Gasteiger partial charge in [0.15, 0.2) is 0 Å². The standard InChI is InChI=1S/C39H41FN6O4/c1-4-44-25-32(22-41-44)46(30-10-12-33(47)13-11-30)39(49)35-21-37(42(3)26(35)2)36-20-29(40)9-14-34(36)38(48)45-23-28-8-6-5-7-27(28)19-31(45)24-43-15-17-50-18-16-43/h5-14,20-22,25,31,47H,4,15-19,23-24H2,1-3H3/t31-/m0/s1. The third-order valence-electron chi connectivity index (χ3n) is 9.96. The van der Waals surface area contributed by atoms with Gasteiger partial charge in [-0.3, -0.25) is 24.1 Å². The number of amides is 2. The predicted molar refractivity (Wildman–Crippen MR) is 189 cm³/mol. The molecule has 0 radical (unpaired) electrons. The van der Waals surface area contributed by atoms with Crippen molar-refractivity contribution >= 4 is 23.2 Å². The highest BCUT2D eigenvalue weighted by molar-refractivity contribution is 6.12. The summed E-state index contributed by atoms with van der Waals surface area (Å²) in [5, 5.41) is 14.3. The number of aryl methyl sites for hydroxylation is 1. The zero-order valence-corrected chi connectivity index (χ0v) is 28.6. The number of ether oxygens (including phenoxy) is 1. The van der Waals surface area contributed by atoms with Gasteiger partial charge in [-0.15, -0.1) is 0 Å². The highest BCUT2D eigenvalue weighted by Crippen LogP contribution is 2.35. The number of phenols is 1. The van der Waals surface area contributed by atoms with Crippen molar-refractivity contribution in [1.82, 2.24) is 24.1 Å². The van der Waals surface area contributed by atoms with Crippen LogP contribution in [-0.4, -0.2) is 80.0 Å². The molecule has 0 spiro atoms. The Bertz CT molecular complexity index is 2030. The van der Waals surface area contributed by atoms with Crippen LogP contribution in [0.3, 0.4) is 0 Å². The van der Waals surface area contributed by atoms with Gasteiger partial charge >= 0.3 is 0 Å². The van der Waals surface area contributed by atoms with Crippen molar-refractivity contribution in [3.05, 3.63) is 119 Å². The molecule has 1 atom stereocenters. The van der Waals surface area contributed by atoms with Crippen LogP contribution in [0, 0.1) is 12.7 Å². The van der Waals surface area contributed by atoms with Crippen molar-refractivity contribution < 1.29 is 23.8 Å². The van der Waals surface area contributed by atoms with Gasteiger partial charge in [-0.25, -0.2) is 4.39 Å². The zero-order valence-electron chi connectivity index (χ0n) is 28.6. The second-order valence-electron chi connectivity index (χ2n) is 13.0. The number of carbonyl (C=O) groups is 2. The van der Waals surface area contributed by atoms with Gasteiger partial charge in [0.1, 0.15) is 11.6 Å². The summed E-state index contributed by atoms with van der Waals surface area (Å²) in [6, 6.07) is 20.5. The van der Waals surface area contributed by atoms with E-state index < -0.39 is 5.82 Å². The smallest absolute Gasteiger partial charge is 0.264 e. The van der Waals surface area contributed by atoms with Crippen molar-refractivity contribution in [2.45, 2.75) is 39.4 Å². The van der Waals surface area contributed by atoms with Crippen LogP contribution in [0.25, 0.3) is 11.3 Å². The average molecular weight is 677 g/mol. The lowest BCUT2D eigenvalue weighted by molar-refractivity contribution is 0.0193. The molecule has 2 aliphatic heterocycles. The molecule has 3 aromatic carbocycles. The summed E-state index contributed by atoms with van der Waals surface area (Å²) >= 11 is 0. The lowest BCUT2D eigenvalue weighted by Crippen LogP contribution is -2.52. The van der Waals surface area contributed by atoms with Crippen molar-refractivity contribution in [2.24, 2.45) is 7.05 Å². The third-order valence-corrected chi connectivity index (χ3v) is 9.96. The Hall–Kier alpha value is -5.26. The minimum Gasteiger partial charge on any atom is -0.508 e. The average Bonchev–Trinajstić information content (AvgIpc) is 3.72. The molecule has 1 saturated heterocycles. The Balaban J connectivity index is 1.27. The largest absolute Gasteiger partial charge is 0.508 e. The molecule has 11 heteroatoms. The van der Waals surface area contributed by atoms with Crippen LogP contribution in [0.1, 0.15) is 44.5 Å². The Morgan fingerprint density at radius 1 is 0.980 bits per heavy atom. The van der Waals surface area contributed by atoms with Gasteiger partial charge in [0.25, 0.3) is 11.8 Å². The predicted octanol–water partition coefficient (Wildman–Crippen LogP) is 5.94. The topological polar surface area (TPSA) is 96.1 Å². The number of aromatic nitrogens is 3. The Morgan fingerprint density at radius 3 is 2.44 bits per heavy atom. The molecular formula is C39H41FN6O4. The lowest BCUT2D eigenvalue weighted by Gasteiger charge is -2.40. The number of hydrogen-bond donors (Lipinski definition) is 1. The minimum absolute atomic E-state index is 0.0799. The van der Waals surface area contributed by atoms with E-state index in [4.69, 9.17) is 4.74 Å². The van der Waals surface area contributed by atoms with Crippen LogP contribution in [0.15, 0.2) is 85.2 Å². The Labute approximate surface area is 290 Å². The van der Waals surface area contributed by atoms with Gasteiger partial charge in [0, 0.05) is 80.2 Å². The van der Waals surface area contributed by atoms with Gasteiger partial charge in [0.05, 0.1) is 30.7 Å². The van der Waals surface area contributed by atoms with E-state index in [1.807, 2.05) is 42.5 Å². The number of phenolic OH excluding ortho intramolecular Hbond substituents is 1. The van der Waals surface area contributed by atoms with E-state index in [0.717, 1.165) is 25.1 Å². The first kappa shape index (κ1) is 33.2. The fraction of sp³-hybridized carbons (Fsp3) is 0.308. The highest BCUT2D eigenvalue weighted by atomic mass is 19.1. The van der Waals surface area contributed by atoms with Crippen LogP contribution >= 0.6 is 0 Å². The molecule has 0 unspecified atom stereocenters. The second-order valence-corrected chi connectivity index (χ2v) is 13.0. The molecule has 10 nitrogen and oxygen atoms in total. The number of rotatable bonds is 8. The molecule has 0 aliphatic carbocycles. The van der Waals surface area contributed by atoms with Crippen molar-refractivity contribution in [3.8, 4) is 17.0 Å². The van der Waals surface area contributed by atoms with Crippen LogP contribution < -0.4 is 4.90 Å². The SMILES string of the molecule is CCn1cc(N(C(=O)c2cc(-c3cc(F)ccc3C(=O)N3Cc4ccccc4C[C@H]3CN3CCOCC3)n(C)c2C)c2ccc(O)cc2)cn1. The molecule has 2 aliphatic rings. The molecule has 5 aromatic rings. The van der Waals surface area contributed by atoms with Crippen LogP contribution in [-0.2, 0) is 31.3 Å². The summed E-state index contributed by atoms with van der Waals surface area (Å²) in [6.07, 6.45) is 4.14. The number of morpholine rings is 1. The number of halogens is 1.